The Labute approximate surface area is 141 Å². The van der Waals surface area contributed by atoms with E-state index in [0.29, 0.717) is 37.9 Å². The van der Waals surface area contributed by atoms with E-state index in [9.17, 15) is 9.59 Å². The van der Waals surface area contributed by atoms with Gasteiger partial charge in [0.15, 0.2) is 12.3 Å². The van der Waals surface area contributed by atoms with Crippen LogP contribution in [0.1, 0.15) is 36.2 Å². The van der Waals surface area contributed by atoms with Crippen LogP contribution in [0.15, 0.2) is 6.07 Å². The van der Waals surface area contributed by atoms with Crippen molar-refractivity contribution in [3.63, 3.8) is 0 Å². The number of morpholine rings is 1. The molecule has 8 heteroatoms. The van der Waals surface area contributed by atoms with Gasteiger partial charge in [0.05, 0.1) is 13.2 Å². The molecule has 2 aliphatic rings. The van der Waals surface area contributed by atoms with Crippen molar-refractivity contribution in [2.45, 2.75) is 31.7 Å². The Morgan fingerprint density at radius 2 is 2.04 bits per heavy atom. The van der Waals surface area contributed by atoms with E-state index in [0.717, 1.165) is 25.7 Å². The molecule has 2 heterocycles. The Kier molecular flexibility index (Phi) is 5.34. The summed E-state index contributed by atoms with van der Waals surface area (Å²) in [5, 5.41) is 7.17. The maximum Gasteiger partial charge on any atom is 0.272 e. The van der Waals surface area contributed by atoms with E-state index < -0.39 is 0 Å². The zero-order valence-corrected chi connectivity index (χ0v) is 14.0. The number of nitrogens with zero attached hydrogens (tertiary/aromatic N) is 3. The fourth-order valence-electron chi connectivity index (χ4n) is 3.07. The smallest absolute Gasteiger partial charge is 0.272 e. The zero-order chi connectivity index (χ0) is 16.9. The minimum absolute atomic E-state index is 0.0663. The molecule has 1 aliphatic carbocycles. The molecule has 24 heavy (non-hydrogen) atoms. The topological polar surface area (TPSA) is 85.7 Å². The van der Waals surface area contributed by atoms with Crippen LogP contribution in [0.2, 0.25) is 0 Å². The van der Waals surface area contributed by atoms with Crippen LogP contribution in [0.5, 0.6) is 5.88 Å². The monoisotopic (exact) mass is 336 g/mol. The predicted molar refractivity (Wildman–Crippen MR) is 85.8 cm³/mol. The molecule has 0 atom stereocenters. The van der Waals surface area contributed by atoms with Crippen LogP contribution in [0, 0.1) is 0 Å². The van der Waals surface area contributed by atoms with Crippen molar-refractivity contribution in [3.8, 4) is 5.88 Å². The zero-order valence-electron chi connectivity index (χ0n) is 14.0. The highest BCUT2D eigenvalue weighted by Crippen LogP contribution is 2.19. The molecule has 1 saturated heterocycles. The Morgan fingerprint density at radius 1 is 1.33 bits per heavy atom. The average Bonchev–Trinajstić information content (AvgIpc) is 3.23. The van der Waals surface area contributed by atoms with Crippen molar-refractivity contribution in [2.75, 3.05) is 32.9 Å². The first kappa shape index (κ1) is 16.8. The Balaban J connectivity index is 1.53. The molecule has 0 spiro atoms. The van der Waals surface area contributed by atoms with Gasteiger partial charge in [-0.3, -0.25) is 9.59 Å². The molecule has 0 radical (unpaired) electrons. The van der Waals surface area contributed by atoms with Crippen LogP contribution in [0.4, 0.5) is 0 Å². The molecule has 8 nitrogen and oxygen atoms in total. The maximum absolute atomic E-state index is 12.2. The van der Waals surface area contributed by atoms with Gasteiger partial charge in [-0.05, 0) is 12.8 Å². The lowest BCUT2D eigenvalue weighted by Crippen LogP contribution is -2.43. The highest BCUT2D eigenvalue weighted by molar-refractivity contribution is 5.92. The average molecular weight is 336 g/mol. The fraction of sp³-hybridized carbons (Fsp3) is 0.688. The van der Waals surface area contributed by atoms with Crippen molar-refractivity contribution in [3.05, 3.63) is 11.8 Å². The Morgan fingerprint density at radius 3 is 2.75 bits per heavy atom. The van der Waals surface area contributed by atoms with Gasteiger partial charge in [0.1, 0.15) is 0 Å². The lowest BCUT2D eigenvalue weighted by atomic mass is 10.2. The van der Waals surface area contributed by atoms with Gasteiger partial charge in [-0.2, -0.15) is 5.10 Å². The Hall–Kier alpha value is -2.09. The summed E-state index contributed by atoms with van der Waals surface area (Å²) in [6, 6.07) is 1.82. The molecule has 1 aliphatic heterocycles. The first-order chi connectivity index (χ1) is 11.6. The fourth-order valence-corrected chi connectivity index (χ4v) is 3.07. The predicted octanol–water partition coefficient (Wildman–Crippen LogP) is 0.330. The molecule has 0 bridgehead atoms. The largest absolute Gasteiger partial charge is 0.468 e. The number of rotatable bonds is 5. The lowest BCUT2D eigenvalue weighted by molar-refractivity contribution is -0.137. The van der Waals surface area contributed by atoms with Gasteiger partial charge in [-0.1, -0.05) is 12.8 Å². The van der Waals surface area contributed by atoms with Crippen molar-refractivity contribution in [2.24, 2.45) is 7.05 Å². The minimum Gasteiger partial charge on any atom is -0.468 e. The maximum atomic E-state index is 12.2. The molecule has 0 unspecified atom stereocenters. The van der Waals surface area contributed by atoms with E-state index in [1.54, 1.807) is 18.0 Å². The number of hydrogen-bond donors (Lipinski definition) is 1. The highest BCUT2D eigenvalue weighted by Gasteiger charge is 2.22. The Bertz CT molecular complexity index is 589. The molecule has 2 amide bonds. The first-order valence-corrected chi connectivity index (χ1v) is 8.46. The molecule has 1 N–H and O–H groups in total. The lowest BCUT2D eigenvalue weighted by Gasteiger charge is -2.26. The van der Waals surface area contributed by atoms with Crippen LogP contribution in [-0.2, 0) is 16.6 Å². The third-order valence-electron chi connectivity index (χ3n) is 4.47. The van der Waals surface area contributed by atoms with Gasteiger partial charge in [-0.25, -0.2) is 4.68 Å². The van der Waals surface area contributed by atoms with E-state index in [1.165, 1.54) is 4.68 Å². The van der Waals surface area contributed by atoms with Crippen molar-refractivity contribution >= 4 is 11.8 Å². The van der Waals surface area contributed by atoms with Crippen molar-refractivity contribution < 1.29 is 19.1 Å². The number of carbonyl (C=O) groups excluding carboxylic acids is 2. The van der Waals surface area contributed by atoms with E-state index in [4.69, 9.17) is 9.47 Å². The molecule has 1 aromatic rings. The van der Waals surface area contributed by atoms with Crippen LogP contribution in [0.3, 0.4) is 0 Å². The van der Waals surface area contributed by atoms with E-state index >= 15 is 0 Å². The van der Waals surface area contributed by atoms with Gasteiger partial charge in [-0.15, -0.1) is 0 Å². The van der Waals surface area contributed by atoms with E-state index in [1.807, 2.05) is 0 Å². The van der Waals surface area contributed by atoms with Crippen LogP contribution >= 0.6 is 0 Å². The third-order valence-corrected chi connectivity index (χ3v) is 4.47. The van der Waals surface area contributed by atoms with E-state index in [2.05, 4.69) is 10.4 Å². The summed E-state index contributed by atoms with van der Waals surface area (Å²) in [5.41, 5.74) is 0.318. The van der Waals surface area contributed by atoms with Gasteiger partial charge in [0.25, 0.3) is 11.8 Å². The first-order valence-electron chi connectivity index (χ1n) is 8.46. The summed E-state index contributed by atoms with van der Waals surface area (Å²) >= 11 is 0. The summed E-state index contributed by atoms with van der Waals surface area (Å²) in [6.07, 6.45) is 4.36. The molecular formula is C16H24N4O4. The number of nitrogens with one attached hydrogen (secondary N) is 1. The molecular weight excluding hydrogens is 312 g/mol. The summed E-state index contributed by atoms with van der Waals surface area (Å²) in [5.74, 6) is 0.136. The van der Waals surface area contributed by atoms with Crippen LogP contribution in [-0.4, -0.2) is 65.4 Å². The summed E-state index contributed by atoms with van der Waals surface area (Å²) < 4.78 is 12.2. The molecule has 1 saturated carbocycles. The number of carbonyl (C=O) groups is 2. The number of aromatic nitrogens is 2. The minimum atomic E-state index is -0.188. The molecule has 1 aromatic heterocycles. The summed E-state index contributed by atoms with van der Waals surface area (Å²) in [4.78, 5) is 26.0. The van der Waals surface area contributed by atoms with Crippen LogP contribution in [0.25, 0.3) is 0 Å². The van der Waals surface area contributed by atoms with Gasteiger partial charge >= 0.3 is 0 Å². The number of hydrogen-bond acceptors (Lipinski definition) is 5. The number of aryl methyl sites for hydroxylation is 1. The molecule has 2 fully saturated rings. The number of ether oxygens (including phenoxy) is 2. The second-order valence-corrected chi connectivity index (χ2v) is 6.23. The molecule has 0 aromatic carbocycles. The SMILES string of the molecule is Cn1nc(C(=O)NC2CCCC2)cc1OCC(=O)N1CCOCC1. The van der Waals surface area contributed by atoms with Crippen molar-refractivity contribution in [1.82, 2.24) is 20.0 Å². The number of amides is 2. The van der Waals surface area contributed by atoms with Crippen LogP contribution < -0.4 is 10.1 Å². The van der Waals surface area contributed by atoms with Gasteiger partial charge in [0, 0.05) is 32.2 Å². The standard InChI is InChI=1S/C16H24N4O4/c1-19-15(24-11-14(21)20-6-8-23-9-7-20)10-13(18-19)16(22)17-12-4-2-3-5-12/h10,12H,2-9,11H2,1H3,(H,17,22). The summed E-state index contributed by atoms with van der Waals surface area (Å²) in [6.45, 7) is 2.22. The molecule has 3 rings (SSSR count). The van der Waals surface area contributed by atoms with Gasteiger partial charge in [0.2, 0.25) is 5.88 Å². The second-order valence-electron chi connectivity index (χ2n) is 6.23. The summed E-state index contributed by atoms with van der Waals surface area (Å²) in [7, 11) is 1.70. The highest BCUT2D eigenvalue weighted by atomic mass is 16.5. The molecule has 132 valence electrons. The third kappa shape index (κ3) is 4.05. The van der Waals surface area contributed by atoms with Gasteiger partial charge < -0.3 is 19.7 Å². The van der Waals surface area contributed by atoms with Crippen molar-refractivity contribution in [1.29, 1.82) is 0 Å². The quantitative estimate of drug-likeness (QED) is 0.837. The normalized spacial score (nSPS) is 18.6. The van der Waals surface area contributed by atoms with E-state index in [-0.39, 0.29) is 24.5 Å². The second kappa shape index (κ2) is 7.65.